The average molecular weight is 192 g/mol. The van der Waals surface area contributed by atoms with Crippen LogP contribution in [-0.2, 0) is 9.53 Å². The minimum Gasteiger partial charge on any atom is -0.430 e. The van der Waals surface area contributed by atoms with Crippen LogP contribution in [-0.4, -0.2) is 5.97 Å². The van der Waals surface area contributed by atoms with Gasteiger partial charge >= 0.3 is 5.97 Å². The summed E-state index contributed by atoms with van der Waals surface area (Å²) in [6.45, 7) is 3.15. The van der Waals surface area contributed by atoms with Gasteiger partial charge in [-0.15, -0.1) is 0 Å². The predicted molar refractivity (Wildman–Crippen MR) is 51.8 cm³/mol. The number of carbonyl (C=O) groups is 1. The van der Waals surface area contributed by atoms with Crippen molar-refractivity contribution in [2.45, 2.75) is 0 Å². The van der Waals surface area contributed by atoms with Crippen LogP contribution in [0.4, 0.5) is 4.39 Å². The van der Waals surface area contributed by atoms with E-state index in [9.17, 15) is 9.18 Å². The topological polar surface area (TPSA) is 26.3 Å². The van der Waals surface area contributed by atoms with E-state index in [0.29, 0.717) is 5.56 Å². The van der Waals surface area contributed by atoms with Gasteiger partial charge in [-0.05, 0) is 11.6 Å². The van der Waals surface area contributed by atoms with E-state index < -0.39 is 11.8 Å². The van der Waals surface area contributed by atoms with Crippen LogP contribution in [0.2, 0.25) is 0 Å². The maximum Gasteiger partial charge on any atom is 0.371 e. The lowest BCUT2D eigenvalue weighted by atomic mass is 10.2. The third-order valence-electron chi connectivity index (χ3n) is 1.48. The molecule has 0 aliphatic rings. The summed E-state index contributed by atoms with van der Waals surface area (Å²) in [5, 5.41) is 0. The summed E-state index contributed by atoms with van der Waals surface area (Å²) in [5.41, 5.74) is 0.603. The van der Waals surface area contributed by atoms with Gasteiger partial charge in [-0.2, -0.15) is 4.39 Å². The van der Waals surface area contributed by atoms with Crippen molar-refractivity contribution in [1.29, 1.82) is 0 Å². The first-order valence-electron chi connectivity index (χ1n) is 3.98. The first-order valence-corrected chi connectivity index (χ1v) is 3.98. The number of benzene rings is 1. The van der Waals surface area contributed by atoms with Crippen LogP contribution in [0.25, 0.3) is 6.08 Å². The van der Waals surface area contributed by atoms with Gasteiger partial charge in [0.1, 0.15) is 0 Å². The molecule has 1 rings (SSSR count). The second kappa shape index (κ2) is 4.97. The zero-order valence-electron chi connectivity index (χ0n) is 7.44. The molecule has 0 spiro atoms. The van der Waals surface area contributed by atoms with Gasteiger partial charge in [0.25, 0.3) is 0 Å². The lowest BCUT2D eigenvalue weighted by molar-refractivity contribution is -0.135. The summed E-state index contributed by atoms with van der Waals surface area (Å²) >= 11 is 0. The van der Waals surface area contributed by atoms with Gasteiger partial charge in [0.05, 0.1) is 6.26 Å². The molecule has 0 aliphatic carbocycles. The summed E-state index contributed by atoms with van der Waals surface area (Å²) in [7, 11) is 0. The molecule has 0 unspecified atom stereocenters. The Labute approximate surface area is 81.3 Å². The molecule has 0 atom stereocenters. The molecular formula is C11H9FO2. The highest BCUT2D eigenvalue weighted by Crippen LogP contribution is 2.08. The third kappa shape index (κ3) is 2.86. The molecule has 72 valence electrons. The van der Waals surface area contributed by atoms with Crippen LogP contribution < -0.4 is 0 Å². The minimum atomic E-state index is -1.04. The van der Waals surface area contributed by atoms with Crippen molar-refractivity contribution in [1.82, 2.24) is 0 Å². The van der Waals surface area contributed by atoms with Crippen molar-refractivity contribution >= 4 is 12.0 Å². The minimum absolute atomic E-state index is 0.603. The monoisotopic (exact) mass is 192 g/mol. The third-order valence-corrected chi connectivity index (χ3v) is 1.48. The molecule has 0 aliphatic heterocycles. The Balaban J connectivity index is 2.78. The first kappa shape index (κ1) is 10.2. The molecule has 3 heteroatoms. The van der Waals surface area contributed by atoms with Crippen molar-refractivity contribution in [2.75, 3.05) is 0 Å². The second-order valence-electron chi connectivity index (χ2n) is 2.47. The first-order chi connectivity index (χ1) is 6.74. The van der Waals surface area contributed by atoms with Crippen LogP contribution in [0.15, 0.2) is 49.0 Å². The average Bonchev–Trinajstić information content (AvgIpc) is 2.19. The molecule has 0 saturated carbocycles. The van der Waals surface area contributed by atoms with E-state index >= 15 is 0 Å². The highest BCUT2D eigenvalue weighted by molar-refractivity contribution is 5.91. The number of carbonyl (C=O) groups excluding carboxylic acids is 1. The lowest BCUT2D eigenvalue weighted by Crippen LogP contribution is -1.99. The second-order valence-corrected chi connectivity index (χ2v) is 2.47. The highest BCUT2D eigenvalue weighted by Gasteiger charge is 2.08. The quantitative estimate of drug-likeness (QED) is 0.418. The molecule has 0 aromatic heterocycles. The molecule has 0 heterocycles. The van der Waals surface area contributed by atoms with Crippen LogP contribution in [0.5, 0.6) is 0 Å². The van der Waals surface area contributed by atoms with Gasteiger partial charge < -0.3 is 4.74 Å². The lowest BCUT2D eigenvalue weighted by Gasteiger charge is -1.95. The number of rotatable bonds is 3. The highest BCUT2D eigenvalue weighted by atomic mass is 19.1. The van der Waals surface area contributed by atoms with E-state index in [1.165, 1.54) is 0 Å². The van der Waals surface area contributed by atoms with Gasteiger partial charge in [-0.1, -0.05) is 36.9 Å². The Morgan fingerprint density at radius 3 is 2.57 bits per heavy atom. The number of hydrogen-bond acceptors (Lipinski definition) is 2. The SMILES string of the molecule is C=COC(=O)C(F)=Cc1ccccc1. The van der Waals surface area contributed by atoms with Gasteiger partial charge in [-0.3, -0.25) is 0 Å². The van der Waals surface area contributed by atoms with Crippen molar-refractivity contribution in [3.63, 3.8) is 0 Å². The Kier molecular flexibility index (Phi) is 3.61. The number of ether oxygens (including phenoxy) is 1. The standard InChI is InChI=1S/C11H9FO2/c1-2-14-11(13)10(12)8-9-6-4-3-5-7-9/h2-8H,1H2. The smallest absolute Gasteiger partial charge is 0.371 e. The molecule has 14 heavy (non-hydrogen) atoms. The summed E-state index contributed by atoms with van der Waals surface area (Å²) < 4.78 is 17.3. The normalized spacial score (nSPS) is 10.8. The van der Waals surface area contributed by atoms with Gasteiger partial charge in [-0.25, -0.2) is 4.79 Å². The van der Waals surface area contributed by atoms with Crippen molar-refractivity contribution in [3.8, 4) is 0 Å². The predicted octanol–water partition coefficient (Wildman–Crippen LogP) is 2.68. The molecule has 0 saturated heterocycles. The number of halogens is 1. The van der Waals surface area contributed by atoms with E-state index in [1.807, 2.05) is 0 Å². The van der Waals surface area contributed by atoms with Crippen LogP contribution >= 0.6 is 0 Å². The largest absolute Gasteiger partial charge is 0.430 e. The molecule has 2 nitrogen and oxygen atoms in total. The summed E-state index contributed by atoms with van der Waals surface area (Å²) in [6.07, 6.45) is 1.99. The van der Waals surface area contributed by atoms with Crippen LogP contribution in [0.1, 0.15) is 5.56 Å². The maximum absolute atomic E-state index is 13.0. The fraction of sp³-hybridized carbons (Fsp3) is 0. The Bertz CT molecular complexity index is 355. The van der Waals surface area contributed by atoms with E-state index in [1.54, 1.807) is 30.3 Å². The molecular weight excluding hydrogens is 183 g/mol. The van der Waals surface area contributed by atoms with E-state index in [0.717, 1.165) is 12.3 Å². The molecule has 0 bridgehead atoms. The zero-order valence-corrected chi connectivity index (χ0v) is 7.44. The summed E-state index contributed by atoms with van der Waals surface area (Å²) in [5.74, 6) is -1.99. The molecule has 0 amide bonds. The molecule has 0 radical (unpaired) electrons. The summed E-state index contributed by atoms with van der Waals surface area (Å²) in [6, 6.07) is 8.66. The van der Waals surface area contributed by atoms with E-state index in [2.05, 4.69) is 11.3 Å². The molecule has 0 fully saturated rings. The van der Waals surface area contributed by atoms with Crippen molar-refractivity contribution in [3.05, 3.63) is 54.6 Å². The van der Waals surface area contributed by atoms with Gasteiger partial charge in [0.2, 0.25) is 5.83 Å². The van der Waals surface area contributed by atoms with Crippen molar-refractivity contribution < 1.29 is 13.9 Å². The van der Waals surface area contributed by atoms with Gasteiger partial charge in [0.15, 0.2) is 0 Å². The van der Waals surface area contributed by atoms with E-state index in [4.69, 9.17) is 0 Å². The zero-order chi connectivity index (χ0) is 10.4. The maximum atomic E-state index is 13.0. The Morgan fingerprint density at radius 2 is 2.00 bits per heavy atom. The van der Waals surface area contributed by atoms with Crippen molar-refractivity contribution in [2.24, 2.45) is 0 Å². The van der Waals surface area contributed by atoms with E-state index in [-0.39, 0.29) is 0 Å². The molecule has 1 aromatic carbocycles. The molecule has 1 aromatic rings. The fourth-order valence-electron chi connectivity index (χ4n) is 0.886. The Morgan fingerprint density at radius 1 is 1.36 bits per heavy atom. The number of hydrogen-bond donors (Lipinski definition) is 0. The number of esters is 1. The summed E-state index contributed by atoms with van der Waals surface area (Å²) in [4.78, 5) is 10.8. The fourth-order valence-corrected chi connectivity index (χ4v) is 0.886. The van der Waals surface area contributed by atoms with Crippen LogP contribution in [0.3, 0.4) is 0 Å². The van der Waals surface area contributed by atoms with Gasteiger partial charge in [0, 0.05) is 0 Å². The Hall–Kier alpha value is -1.90. The van der Waals surface area contributed by atoms with Crippen LogP contribution in [0, 0.1) is 0 Å². The molecule has 0 N–H and O–H groups in total.